The maximum absolute atomic E-state index is 12.9. The number of methoxy groups -OCH3 is 1. The minimum Gasteiger partial charge on any atom is -0.481 e. The summed E-state index contributed by atoms with van der Waals surface area (Å²) >= 11 is 24.3. The van der Waals surface area contributed by atoms with Gasteiger partial charge in [-0.2, -0.15) is 0 Å². The Hall–Kier alpha value is -2.63. The molecular weight excluding hydrogens is 538 g/mol. The third-order valence-electron chi connectivity index (χ3n) is 4.60. The van der Waals surface area contributed by atoms with Crippen molar-refractivity contribution >= 4 is 79.7 Å². The lowest BCUT2D eigenvalue weighted by Crippen LogP contribution is -2.29. The molecule has 0 spiro atoms. The molecule has 1 aliphatic heterocycles. The van der Waals surface area contributed by atoms with E-state index in [0.29, 0.717) is 0 Å². The van der Waals surface area contributed by atoms with Crippen molar-refractivity contribution < 1.29 is 22.7 Å². The molecule has 0 saturated heterocycles. The molecule has 0 unspecified atom stereocenters. The van der Waals surface area contributed by atoms with Crippen LogP contribution in [0.5, 0.6) is 5.88 Å². The van der Waals surface area contributed by atoms with E-state index in [1.54, 1.807) is 0 Å². The lowest BCUT2D eigenvalue weighted by Gasteiger charge is -2.15. The Morgan fingerprint density at radius 2 is 1.42 bits per heavy atom. The van der Waals surface area contributed by atoms with Crippen molar-refractivity contribution in [3.05, 3.63) is 67.9 Å². The van der Waals surface area contributed by atoms with Gasteiger partial charge in [0.05, 0.1) is 48.9 Å². The van der Waals surface area contributed by atoms with Crippen molar-refractivity contribution in [2.24, 2.45) is 0 Å². The summed E-state index contributed by atoms with van der Waals surface area (Å²) in [6, 6.07) is 6.28. The average Bonchev–Trinajstić information content (AvgIpc) is 3.06. The van der Waals surface area contributed by atoms with Gasteiger partial charge < -0.3 is 4.74 Å². The van der Waals surface area contributed by atoms with Gasteiger partial charge >= 0.3 is 0 Å². The molecule has 2 amide bonds. The lowest BCUT2D eigenvalue weighted by molar-refractivity contribution is 0.0926. The number of hydrogen-bond acceptors (Lipinski definition) is 7. The number of benzene rings is 2. The number of sulfonamides is 1. The molecule has 9 nitrogen and oxygen atoms in total. The number of amides is 2. The van der Waals surface area contributed by atoms with E-state index in [2.05, 4.69) is 14.7 Å². The fourth-order valence-electron chi connectivity index (χ4n) is 3.06. The number of carbonyl (C=O) groups excluding carboxylic acids is 2. The number of rotatable bonds is 5. The van der Waals surface area contributed by atoms with Gasteiger partial charge in [0.15, 0.2) is 0 Å². The lowest BCUT2D eigenvalue weighted by atomic mass is 10.1. The van der Waals surface area contributed by atoms with E-state index in [9.17, 15) is 18.0 Å². The first kappa shape index (κ1) is 23.5. The van der Waals surface area contributed by atoms with Crippen molar-refractivity contribution in [2.75, 3.05) is 16.7 Å². The Labute approximate surface area is 207 Å². The molecule has 1 aromatic heterocycles. The smallest absolute Gasteiger partial charge is 0.267 e. The van der Waals surface area contributed by atoms with Crippen LogP contribution in [0.3, 0.4) is 0 Å². The molecule has 2 aromatic carbocycles. The zero-order valence-corrected chi connectivity index (χ0v) is 20.1. The SMILES string of the molecule is COc1cc(NS(=O)(=O)c2ccc(N3C(=O)c4c(Cl)c(Cl)c(Cl)c(Cl)c4C3=O)cc2)ncn1. The van der Waals surface area contributed by atoms with Crippen LogP contribution in [0.2, 0.25) is 20.1 Å². The zero-order valence-electron chi connectivity index (χ0n) is 16.3. The third-order valence-corrected chi connectivity index (χ3v) is 7.77. The summed E-state index contributed by atoms with van der Waals surface area (Å²) in [4.78, 5) is 34.1. The summed E-state index contributed by atoms with van der Waals surface area (Å²) in [7, 11) is -2.67. The number of ether oxygens (including phenoxy) is 1. The molecule has 0 saturated carbocycles. The Balaban J connectivity index is 1.66. The van der Waals surface area contributed by atoms with Gasteiger partial charge in [-0.3, -0.25) is 14.3 Å². The van der Waals surface area contributed by atoms with E-state index >= 15 is 0 Å². The molecule has 14 heteroatoms. The minimum absolute atomic E-state index is 0.00989. The molecule has 2 heterocycles. The van der Waals surface area contributed by atoms with Crippen molar-refractivity contribution in [2.45, 2.75) is 4.90 Å². The Kier molecular flexibility index (Phi) is 6.14. The molecule has 3 aromatic rings. The van der Waals surface area contributed by atoms with Crippen LogP contribution in [0.25, 0.3) is 0 Å². The summed E-state index contributed by atoms with van der Waals surface area (Å²) in [5.74, 6) is -1.39. The predicted octanol–water partition coefficient (Wildman–Crippen LogP) is 4.70. The van der Waals surface area contributed by atoms with Crippen molar-refractivity contribution in [3.63, 3.8) is 0 Å². The van der Waals surface area contributed by atoms with Crippen LogP contribution in [0.15, 0.2) is 41.6 Å². The molecule has 1 aliphatic rings. The van der Waals surface area contributed by atoms with Crippen LogP contribution in [0.4, 0.5) is 11.5 Å². The van der Waals surface area contributed by atoms with Crippen LogP contribution in [0, 0.1) is 0 Å². The van der Waals surface area contributed by atoms with Gasteiger partial charge in [-0.05, 0) is 24.3 Å². The number of aromatic nitrogens is 2. The summed E-state index contributed by atoms with van der Waals surface area (Å²) in [6.07, 6.45) is 1.14. The molecular formula is C19H10Cl4N4O5S. The van der Waals surface area contributed by atoms with Gasteiger partial charge in [-0.1, -0.05) is 46.4 Å². The normalized spacial score (nSPS) is 13.3. The van der Waals surface area contributed by atoms with E-state index in [1.165, 1.54) is 37.4 Å². The Morgan fingerprint density at radius 1 is 0.879 bits per heavy atom. The van der Waals surface area contributed by atoms with Crippen LogP contribution in [0.1, 0.15) is 20.7 Å². The first-order valence-corrected chi connectivity index (χ1v) is 11.8. The van der Waals surface area contributed by atoms with Gasteiger partial charge in [0.1, 0.15) is 12.1 Å². The molecule has 4 rings (SSSR count). The van der Waals surface area contributed by atoms with Crippen LogP contribution in [-0.2, 0) is 10.0 Å². The van der Waals surface area contributed by atoms with E-state index in [0.717, 1.165) is 11.2 Å². The van der Waals surface area contributed by atoms with Crippen LogP contribution >= 0.6 is 46.4 Å². The fraction of sp³-hybridized carbons (Fsp3) is 0.0526. The average molecular weight is 548 g/mol. The largest absolute Gasteiger partial charge is 0.481 e. The topological polar surface area (TPSA) is 119 Å². The molecule has 33 heavy (non-hydrogen) atoms. The standard InChI is InChI=1S/C19H10Cl4N4O5S/c1-32-11-6-10(24-7-25-11)26-33(30,31)9-4-2-8(3-5-9)27-18(28)12-13(19(27)29)15(21)17(23)16(22)14(12)20/h2-7H,1H3,(H,24,25,26). The fourth-order valence-corrected chi connectivity index (χ4v) is 5.08. The Morgan fingerprint density at radius 3 is 1.94 bits per heavy atom. The molecule has 0 atom stereocenters. The zero-order chi connectivity index (χ0) is 24.1. The highest BCUT2D eigenvalue weighted by Gasteiger charge is 2.42. The number of hydrogen-bond donors (Lipinski definition) is 1. The van der Waals surface area contributed by atoms with Crippen LogP contribution < -0.4 is 14.4 Å². The number of nitrogens with zero attached hydrogens (tertiary/aromatic N) is 3. The highest BCUT2D eigenvalue weighted by atomic mass is 35.5. The van der Waals surface area contributed by atoms with E-state index < -0.39 is 21.8 Å². The number of nitrogens with one attached hydrogen (secondary N) is 1. The van der Waals surface area contributed by atoms with Gasteiger partial charge in [0, 0.05) is 6.07 Å². The highest BCUT2D eigenvalue weighted by Crippen LogP contribution is 2.45. The van der Waals surface area contributed by atoms with E-state index in [-0.39, 0.29) is 53.5 Å². The molecule has 170 valence electrons. The third kappa shape index (κ3) is 3.98. The molecule has 0 fully saturated rings. The minimum atomic E-state index is -4.05. The maximum Gasteiger partial charge on any atom is 0.267 e. The van der Waals surface area contributed by atoms with Gasteiger partial charge in [0.2, 0.25) is 5.88 Å². The molecule has 0 bridgehead atoms. The first-order chi connectivity index (χ1) is 15.6. The monoisotopic (exact) mass is 546 g/mol. The van der Waals surface area contributed by atoms with Crippen LogP contribution in [-0.4, -0.2) is 37.3 Å². The number of carbonyl (C=O) groups is 2. The second-order valence-electron chi connectivity index (χ2n) is 6.50. The number of imide groups is 1. The van der Waals surface area contributed by atoms with E-state index in [4.69, 9.17) is 51.1 Å². The summed E-state index contributed by atoms with van der Waals surface area (Å²) in [6.45, 7) is 0. The number of halogens is 4. The van der Waals surface area contributed by atoms with Crippen molar-refractivity contribution in [1.82, 2.24) is 9.97 Å². The molecule has 1 N–H and O–H groups in total. The van der Waals surface area contributed by atoms with Gasteiger partial charge in [-0.15, -0.1) is 0 Å². The number of anilines is 2. The maximum atomic E-state index is 12.9. The summed E-state index contributed by atoms with van der Waals surface area (Å²) in [5, 5.41) is -0.714. The quantitative estimate of drug-likeness (QED) is 0.279. The van der Waals surface area contributed by atoms with Gasteiger partial charge in [-0.25, -0.2) is 23.3 Å². The first-order valence-electron chi connectivity index (χ1n) is 8.80. The predicted molar refractivity (Wildman–Crippen MR) is 123 cm³/mol. The van der Waals surface area contributed by atoms with Crippen molar-refractivity contribution in [3.8, 4) is 5.88 Å². The number of fused-ring (bicyclic) bond motifs is 1. The summed E-state index contributed by atoms with van der Waals surface area (Å²) < 4.78 is 32.6. The molecule has 0 radical (unpaired) electrons. The molecule has 0 aliphatic carbocycles. The second kappa shape index (κ2) is 8.62. The van der Waals surface area contributed by atoms with Gasteiger partial charge in [0.25, 0.3) is 21.8 Å². The second-order valence-corrected chi connectivity index (χ2v) is 9.69. The van der Waals surface area contributed by atoms with Crippen molar-refractivity contribution in [1.29, 1.82) is 0 Å². The van der Waals surface area contributed by atoms with E-state index in [1.807, 2.05) is 0 Å². The Bertz CT molecular complexity index is 1380. The highest BCUT2D eigenvalue weighted by molar-refractivity contribution is 7.92. The summed E-state index contributed by atoms with van der Waals surface area (Å²) in [5.41, 5.74) is -0.280.